The largest absolute Gasteiger partial charge is 0.456 e. The molecular weight excluding hydrogens is 677 g/mol. The molecule has 0 N–H and O–H groups in total. The van der Waals surface area contributed by atoms with E-state index in [-0.39, 0.29) is 0 Å². The van der Waals surface area contributed by atoms with Crippen molar-refractivity contribution in [1.82, 2.24) is 15.0 Å². The van der Waals surface area contributed by atoms with Crippen LogP contribution in [0.25, 0.3) is 78.0 Å². The van der Waals surface area contributed by atoms with Gasteiger partial charge in [-0.2, -0.15) is 0 Å². The third-order valence-corrected chi connectivity index (χ3v) is 10.3. The van der Waals surface area contributed by atoms with Crippen molar-refractivity contribution < 1.29 is 9.15 Å². The number of hydrogen-bond donors (Lipinski definition) is 0. The summed E-state index contributed by atoms with van der Waals surface area (Å²) in [5.41, 5.74) is 9.45. The van der Waals surface area contributed by atoms with Gasteiger partial charge in [-0.25, -0.2) is 15.0 Å². The predicted molar refractivity (Wildman–Crippen MR) is 221 cm³/mol. The van der Waals surface area contributed by atoms with Crippen LogP contribution < -0.4 is 9.64 Å². The Morgan fingerprint density at radius 3 is 1.75 bits per heavy atom. The summed E-state index contributed by atoms with van der Waals surface area (Å²) in [4.78, 5) is 17.6. The van der Waals surface area contributed by atoms with Gasteiger partial charge >= 0.3 is 0 Å². The molecule has 1 aliphatic heterocycles. The Bertz CT molecular complexity index is 3030. The minimum atomic E-state index is 0.544. The maximum atomic E-state index is 6.67. The van der Waals surface area contributed by atoms with E-state index in [1.54, 1.807) is 0 Å². The van der Waals surface area contributed by atoms with Gasteiger partial charge in [0, 0.05) is 49.9 Å². The molecule has 11 rings (SSSR count). The van der Waals surface area contributed by atoms with Crippen molar-refractivity contribution in [3.63, 3.8) is 0 Å². The summed E-state index contributed by atoms with van der Waals surface area (Å²) in [5, 5.41) is 4.08. The molecule has 6 heteroatoms. The molecular formula is C49H30N4O2. The second-order valence-electron chi connectivity index (χ2n) is 13.6. The number of rotatable bonds is 6. The van der Waals surface area contributed by atoms with Crippen LogP contribution in [0.4, 0.5) is 17.1 Å². The highest BCUT2D eigenvalue weighted by Crippen LogP contribution is 2.50. The number of hydrogen-bond acceptors (Lipinski definition) is 6. The zero-order valence-electron chi connectivity index (χ0n) is 29.4. The smallest absolute Gasteiger partial charge is 0.167 e. The monoisotopic (exact) mass is 706 g/mol. The lowest BCUT2D eigenvalue weighted by atomic mass is 9.92. The van der Waals surface area contributed by atoms with Crippen LogP contribution in [0.1, 0.15) is 0 Å². The summed E-state index contributed by atoms with van der Waals surface area (Å²) in [6.07, 6.45) is 0. The summed E-state index contributed by atoms with van der Waals surface area (Å²) < 4.78 is 13.1. The average Bonchev–Trinajstić information content (AvgIpc) is 3.64. The minimum Gasteiger partial charge on any atom is -0.456 e. The number of fused-ring (bicyclic) bond motifs is 5. The van der Waals surface area contributed by atoms with E-state index in [4.69, 9.17) is 24.1 Å². The Morgan fingerprint density at radius 1 is 0.382 bits per heavy atom. The highest BCUT2D eigenvalue weighted by Gasteiger charge is 2.25. The number of anilines is 3. The van der Waals surface area contributed by atoms with E-state index < -0.39 is 0 Å². The number of furan rings is 1. The van der Waals surface area contributed by atoms with Gasteiger partial charge in [0.25, 0.3) is 0 Å². The van der Waals surface area contributed by atoms with Crippen molar-refractivity contribution in [2.24, 2.45) is 0 Å². The molecule has 2 aromatic heterocycles. The molecule has 0 bridgehead atoms. The van der Waals surface area contributed by atoms with Crippen LogP contribution in [-0.2, 0) is 0 Å². The van der Waals surface area contributed by atoms with E-state index >= 15 is 0 Å². The Kier molecular flexibility index (Phi) is 7.07. The summed E-state index contributed by atoms with van der Waals surface area (Å²) in [7, 11) is 0. The third-order valence-electron chi connectivity index (χ3n) is 10.3. The van der Waals surface area contributed by atoms with Crippen LogP contribution in [0.15, 0.2) is 186 Å². The van der Waals surface area contributed by atoms with Crippen LogP contribution >= 0.6 is 0 Å². The van der Waals surface area contributed by atoms with Crippen LogP contribution in [0.2, 0.25) is 0 Å². The fourth-order valence-corrected chi connectivity index (χ4v) is 7.81. The van der Waals surface area contributed by atoms with Crippen LogP contribution in [-0.4, -0.2) is 15.0 Å². The Labute approximate surface area is 316 Å². The third kappa shape index (κ3) is 5.15. The zero-order valence-corrected chi connectivity index (χ0v) is 29.4. The molecule has 8 aromatic carbocycles. The van der Waals surface area contributed by atoms with Gasteiger partial charge in [0.05, 0.1) is 5.56 Å². The molecule has 0 fully saturated rings. The number of para-hydroxylation sites is 4. The molecule has 0 atom stereocenters. The maximum absolute atomic E-state index is 6.67. The molecule has 10 aromatic rings. The second-order valence-corrected chi connectivity index (χ2v) is 13.6. The summed E-state index contributed by atoms with van der Waals surface area (Å²) >= 11 is 0. The molecule has 0 radical (unpaired) electrons. The summed E-state index contributed by atoms with van der Waals surface area (Å²) in [6, 6.07) is 62.1. The summed E-state index contributed by atoms with van der Waals surface area (Å²) in [5.74, 6) is 3.30. The molecule has 6 nitrogen and oxygen atoms in total. The van der Waals surface area contributed by atoms with Gasteiger partial charge in [0.2, 0.25) is 0 Å². The fraction of sp³-hybridized carbons (Fsp3) is 0. The molecule has 0 unspecified atom stereocenters. The van der Waals surface area contributed by atoms with E-state index in [0.717, 1.165) is 89.1 Å². The minimum absolute atomic E-state index is 0.544. The number of nitrogens with zero attached hydrogens (tertiary/aromatic N) is 4. The van der Waals surface area contributed by atoms with Gasteiger partial charge in [0.15, 0.2) is 17.5 Å². The average molecular weight is 707 g/mol. The first kappa shape index (κ1) is 31.0. The first-order valence-corrected chi connectivity index (χ1v) is 18.3. The molecule has 55 heavy (non-hydrogen) atoms. The second kappa shape index (κ2) is 12.5. The molecule has 258 valence electrons. The number of ether oxygens (including phenoxy) is 1. The van der Waals surface area contributed by atoms with E-state index in [0.29, 0.717) is 17.5 Å². The number of aromatic nitrogens is 3. The molecule has 0 amide bonds. The van der Waals surface area contributed by atoms with Gasteiger partial charge in [-0.1, -0.05) is 115 Å². The SMILES string of the molecule is c1ccc(-c2nc(-c3ccc4c5c(cccc35)-c3cc(N(c5ccccc5)c5ccccc5)ccc3O4)nc(-c3cccc4c3oc3ccccc34)n2)cc1. The quantitative estimate of drug-likeness (QED) is 0.171. The molecule has 0 saturated carbocycles. The van der Waals surface area contributed by atoms with Crippen LogP contribution in [0.5, 0.6) is 11.5 Å². The van der Waals surface area contributed by atoms with Gasteiger partial charge in [-0.3, -0.25) is 0 Å². The zero-order chi connectivity index (χ0) is 36.3. The van der Waals surface area contributed by atoms with E-state index in [2.05, 4.69) is 108 Å². The van der Waals surface area contributed by atoms with Crippen LogP contribution in [0, 0.1) is 0 Å². The molecule has 0 aliphatic carbocycles. The standard InChI is InChI=1S/C49H30N4O2/c1-4-14-31(15-5-1)47-50-48(52-49(51-47)40-24-13-23-38-35-20-10-11-25-42(35)55-46(38)40)39-27-29-44-45-36(39)21-12-22-37(45)41-30-34(26-28-43(41)54-44)53(32-16-6-2-7-17-32)33-18-8-3-9-19-33/h1-30H. The topological polar surface area (TPSA) is 64.3 Å². The van der Waals surface area contributed by atoms with E-state index in [1.165, 1.54) is 0 Å². The van der Waals surface area contributed by atoms with Crippen molar-refractivity contribution in [2.45, 2.75) is 0 Å². The first-order valence-electron chi connectivity index (χ1n) is 18.3. The lowest BCUT2D eigenvalue weighted by molar-refractivity contribution is 0.487. The van der Waals surface area contributed by atoms with Gasteiger partial charge < -0.3 is 14.1 Å². The fourth-order valence-electron chi connectivity index (χ4n) is 7.81. The van der Waals surface area contributed by atoms with Crippen molar-refractivity contribution in [3.05, 3.63) is 182 Å². The van der Waals surface area contributed by atoms with Gasteiger partial charge in [0.1, 0.15) is 22.7 Å². The highest BCUT2D eigenvalue weighted by atomic mass is 16.5. The molecule has 0 saturated heterocycles. The number of benzene rings is 8. The van der Waals surface area contributed by atoms with Crippen molar-refractivity contribution in [2.75, 3.05) is 4.90 Å². The maximum Gasteiger partial charge on any atom is 0.167 e. The van der Waals surface area contributed by atoms with E-state index in [1.807, 2.05) is 78.9 Å². The lowest BCUT2D eigenvalue weighted by Gasteiger charge is -2.28. The predicted octanol–water partition coefficient (Wildman–Crippen LogP) is 13.2. The summed E-state index contributed by atoms with van der Waals surface area (Å²) in [6.45, 7) is 0. The van der Waals surface area contributed by atoms with Gasteiger partial charge in [-0.15, -0.1) is 0 Å². The van der Waals surface area contributed by atoms with Crippen molar-refractivity contribution >= 4 is 49.8 Å². The highest BCUT2D eigenvalue weighted by molar-refractivity contribution is 6.11. The van der Waals surface area contributed by atoms with Crippen molar-refractivity contribution in [1.29, 1.82) is 0 Å². The Hall–Kier alpha value is -7.57. The Morgan fingerprint density at radius 2 is 0.982 bits per heavy atom. The Balaban J connectivity index is 1.10. The lowest BCUT2D eigenvalue weighted by Crippen LogP contribution is -2.10. The normalized spacial score (nSPS) is 11.8. The molecule has 3 heterocycles. The van der Waals surface area contributed by atoms with E-state index in [9.17, 15) is 0 Å². The van der Waals surface area contributed by atoms with Crippen molar-refractivity contribution in [3.8, 4) is 56.8 Å². The first-order chi connectivity index (χ1) is 27.3. The van der Waals surface area contributed by atoms with Crippen LogP contribution in [0.3, 0.4) is 0 Å². The molecule has 1 aliphatic rings. The van der Waals surface area contributed by atoms with Gasteiger partial charge in [-0.05, 0) is 77.7 Å². The molecule has 0 spiro atoms.